The molecule has 0 saturated heterocycles. The van der Waals surface area contributed by atoms with E-state index in [2.05, 4.69) is 4.98 Å². The summed E-state index contributed by atoms with van der Waals surface area (Å²) >= 11 is 6.18. The van der Waals surface area contributed by atoms with Crippen LogP contribution < -0.4 is 5.56 Å². The first-order valence-corrected chi connectivity index (χ1v) is 7.86. The maximum Gasteiger partial charge on any atom is 0.375 e. The zero-order chi connectivity index (χ0) is 17.3. The standard InChI is InChI=1S/C18H15ClN2O3/c1-3-24-18(23)16-20-14-9-5-4-7-12(14)17(22)21(16)15-10-6-8-13(19)11(15)2/h4-10H,3H2,1-2H3. The minimum atomic E-state index is -0.653. The van der Waals surface area contributed by atoms with Gasteiger partial charge in [-0.1, -0.05) is 29.8 Å². The van der Waals surface area contributed by atoms with Crippen molar-refractivity contribution in [2.75, 3.05) is 6.61 Å². The van der Waals surface area contributed by atoms with Crippen LogP contribution in [-0.4, -0.2) is 22.1 Å². The number of hydrogen-bond acceptors (Lipinski definition) is 4. The Morgan fingerprint density at radius 1 is 1.21 bits per heavy atom. The van der Waals surface area contributed by atoms with Crippen LogP contribution in [0.15, 0.2) is 47.3 Å². The number of esters is 1. The normalized spacial score (nSPS) is 10.8. The summed E-state index contributed by atoms with van der Waals surface area (Å²) in [5, 5.41) is 0.923. The van der Waals surface area contributed by atoms with Crippen LogP contribution in [0.5, 0.6) is 0 Å². The van der Waals surface area contributed by atoms with Crippen molar-refractivity contribution in [1.29, 1.82) is 0 Å². The van der Waals surface area contributed by atoms with Crippen LogP contribution in [0, 0.1) is 6.92 Å². The van der Waals surface area contributed by atoms with E-state index in [-0.39, 0.29) is 18.0 Å². The molecule has 5 nitrogen and oxygen atoms in total. The Bertz CT molecular complexity index is 995. The van der Waals surface area contributed by atoms with Crippen LogP contribution in [0.1, 0.15) is 23.1 Å². The second-order valence-electron chi connectivity index (χ2n) is 5.20. The third-order valence-corrected chi connectivity index (χ3v) is 4.12. The Kier molecular flexibility index (Phi) is 4.36. The molecule has 122 valence electrons. The highest BCUT2D eigenvalue weighted by atomic mass is 35.5. The highest BCUT2D eigenvalue weighted by Crippen LogP contribution is 2.23. The summed E-state index contributed by atoms with van der Waals surface area (Å²) in [4.78, 5) is 29.7. The molecular weight excluding hydrogens is 328 g/mol. The van der Waals surface area contributed by atoms with Crippen LogP contribution in [0.4, 0.5) is 0 Å². The predicted octanol–water partition coefficient (Wildman–Crippen LogP) is 3.52. The maximum absolute atomic E-state index is 13.0. The number of carbonyl (C=O) groups excluding carboxylic acids is 1. The molecule has 0 amide bonds. The lowest BCUT2D eigenvalue weighted by Gasteiger charge is -2.15. The van der Waals surface area contributed by atoms with Gasteiger partial charge in [0.05, 0.1) is 23.2 Å². The van der Waals surface area contributed by atoms with Crippen molar-refractivity contribution in [2.45, 2.75) is 13.8 Å². The highest BCUT2D eigenvalue weighted by molar-refractivity contribution is 6.31. The van der Waals surface area contributed by atoms with E-state index in [1.54, 1.807) is 56.3 Å². The number of rotatable bonds is 3. The fraction of sp³-hybridized carbons (Fsp3) is 0.167. The molecule has 0 unspecified atom stereocenters. The Balaban J connectivity index is 2.42. The summed E-state index contributed by atoms with van der Waals surface area (Å²) in [6, 6.07) is 12.1. The molecule has 0 atom stereocenters. The molecule has 6 heteroatoms. The number of hydrogen-bond donors (Lipinski definition) is 0. The van der Waals surface area contributed by atoms with Crippen molar-refractivity contribution in [3.05, 3.63) is 69.2 Å². The average Bonchev–Trinajstić information content (AvgIpc) is 2.58. The van der Waals surface area contributed by atoms with Gasteiger partial charge in [-0.25, -0.2) is 9.78 Å². The van der Waals surface area contributed by atoms with Crippen LogP contribution in [0.3, 0.4) is 0 Å². The van der Waals surface area contributed by atoms with Crippen molar-refractivity contribution in [2.24, 2.45) is 0 Å². The molecule has 0 N–H and O–H groups in total. The van der Waals surface area contributed by atoms with Crippen LogP contribution in [-0.2, 0) is 4.74 Å². The number of nitrogens with zero attached hydrogens (tertiary/aromatic N) is 2. The number of fused-ring (bicyclic) bond motifs is 1. The molecule has 24 heavy (non-hydrogen) atoms. The number of ether oxygens (including phenoxy) is 1. The molecular formula is C18H15ClN2O3. The fourth-order valence-corrected chi connectivity index (χ4v) is 2.70. The van der Waals surface area contributed by atoms with E-state index in [0.717, 1.165) is 0 Å². The number of halogens is 1. The number of aromatic nitrogens is 2. The molecule has 0 spiro atoms. The Morgan fingerprint density at radius 2 is 1.96 bits per heavy atom. The second kappa shape index (κ2) is 6.45. The summed E-state index contributed by atoms with van der Waals surface area (Å²) in [5.41, 5.74) is 1.30. The van der Waals surface area contributed by atoms with Gasteiger partial charge in [0.25, 0.3) is 5.56 Å². The van der Waals surface area contributed by atoms with E-state index in [0.29, 0.717) is 27.2 Å². The minimum Gasteiger partial charge on any atom is -0.460 e. The third kappa shape index (κ3) is 2.67. The highest BCUT2D eigenvalue weighted by Gasteiger charge is 2.21. The number of carbonyl (C=O) groups is 1. The summed E-state index contributed by atoms with van der Waals surface area (Å²) in [5.74, 6) is -0.717. The smallest absolute Gasteiger partial charge is 0.375 e. The quantitative estimate of drug-likeness (QED) is 0.683. The number of para-hydroxylation sites is 1. The maximum atomic E-state index is 13.0. The summed E-state index contributed by atoms with van der Waals surface area (Å²) in [7, 11) is 0. The van der Waals surface area contributed by atoms with Gasteiger partial charge in [0.2, 0.25) is 5.82 Å². The fourth-order valence-electron chi connectivity index (χ4n) is 2.53. The largest absolute Gasteiger partial charge is 0.460 e. The van der Waals surface area contributed by atoms with Crippen molar-refractivity contribution >= 4 is 28.5 Å². The zero-order valence-corrected chi connectivity index (χ0v) is 14.0. The predicted molar refractivity (Wildman–Crippen MR) is 93.0 cm³/mol. The van der Waals surface area contributed by atoms with E-state index in [4.69, 9.17) is 16.3 Å². The average molecular weight is 343 g/mol. The van der Waals surface area contributed by atoms with Gasteiger partial charge in [0.15, 0.2) is 0 Å². The Morgan fingerprint density at radius 3 is 2.71 bits per heavy atom. The van der Waals surface area contributed by atoms with Crippen LogP contribution in [0.25, 0.3) is 16.6 Å². The molecule has 2 aromatic carbocycles. The van der Waals surface area contributed by atoms with Crippen molar-refractivity contribution in [1.82, 2.24) is 9.55 Å². The third-order valence-electron chi connectivity index (χ3n) is 3.71. The van der Waals surface area contributed by atoms with E-state index in [9.17, 15) is 9.59 Å². The Hall–Kier alpha value is -2.66. The summed E-state index contributed by atoms with van der Waals surface area (Å²) in [6.07, 6.45) is 0. The van der Waals surface area contributed by atoms with Gasteiger partial charge < -0.3 is 4.74 Å². The van der Waals surface area contributed by atoms with Crippen LogP contribution >= 0.6 is 11.6 Å². The lowest BCUT2D eigenvalue weighted by molar-refractivity contribution is 0.0508. The molecule has 3 rings (SSSR count). The molecule has 0 aliphatic carbocycles. The molecule has 0 aliphatic rings. The molecule has 3 aromatic rings. The Labute approximate surface area is 143 Å². The molecule has 1 aromatic heterocycles. The topological polar surface area (TPSA) is 61.2 Å². The van der Waals surface area contributed by atoms with Crippen molar-refractivity contribution < 1.29 is 9.53 Å². The van der Waals surface area contributed by atoms with E-state index >= 15 is 0 Å². The lowest BCUT2D eigenvalue weighted by Crippen LogP contribution is -2.28. The zero-order valence-electron chi connectivity index (χ0n) is 13.2. The SMILES string of the molecule is CCOC(=O)c1nc2ccccc2c(=O)n1-c1cccc(Cl)c1C. The van der Waals surface area contributed by atoms with Gasteiger partial charge in [-0.2, -0.15) is 0 Å². The first-order valence-electron chi connectivity index (χ1n) is 7.49. The molecule has 0 aliphatic heterocycles. The van der Waals surface area contributed by atoms with Gasteiger partial charge in [-0.05, 0) is 43.7 Å². The summed E-state index contributed by atoms with van der Waals surface area (Å²) < 4.78 is 6.34. The van der Waals surface area contributed by atoms with E-state index in [1.807, 2.05) is 0 Å². The molecule has 0 fully saturated rings. The van der Waals surface area contributed by atoms with Gasteiger partial charge in [-0.3, -0.25) is 9.36 Å². The first kappa shape index (κ1) is 16.2. The minimum absolute atomic E-state index is 0.0640. The second-order valence-corrected chi connectivity index (χ2v) is 5.60. The van der Waals surface area contributed by atoms with Crippen molar-refractivity contribution in [3.63, 3.8) is 0 Å². The van der Waals surface area contributed by atoms with E-state index in [1.165, 1.54) is 4.57 Å². The van der Waals surface area contributed by atoms with Gasteiger partial charge in [0, 0.05) is 5.02 Å². The van der Waals surface area contributed by atoms with Crippen molar-refractivity contribution in [3.8, 4) is 5.69 Å². The number of benzene rings is 2. The summed E-state index contributed by atoms with van der Waals surface area (Å²) in [6.45, 7) is 3.68. The van der Waals surface area contributed by atoms with Gasteiger partial charge in [0.1, 0.15) is 0 Å². The van der Waals surface area contributed by atoms with Gasteiger partial charge in [-0.15, -0.1) is 0 Å². The molecule has 0 saturated carbocycles. The first-order chi connectivity index (χ1) is 11.5. The van der Waals surface area contributed by atoms with Gasteiger partial charge >= 0.3 is 5.97 Å². The molecule has 0 bridgehead atoms. The molecule has 1 heterocycles. The van der Waals surface area contributed by atoms with E-state index < -0.39 is 5.97 Å². The monoisotopic (exact) mass is 342 g/mol. The van der Waals surface area contributed by atoms with Crippen LogP contribution in [0.2, 0.25) is 5.02 Å². The molecule has 0 radical (unpaired) electrons. The lowest BCUT2D eigenvalue weighted by atomic mass is 10.1.